The summed E-state index contributed by atoms with van der Waals surface area (Å²) in [5.41, 5.74) is -0.697. The summed E-state index contributed by atoms with van der Waals surface area (Å²) >= 11 is 12.2. The van der Waals surface area contributed by atoms with Gasteiger partial charge in [-0.3, -0.25) is 19.8 Å². The molecule has 0 unspecified atom stereocenters. The van der Waals surface area contributed by atoms with E-state index >= 15 is 4.39 Å². The first kappa shape index (κ1) is 22.5. The fourth-order valence-electron chi connectivity index (χ4n) is 5.69. The molecule has 0 radical (unpaired) electrons. The number of hydrogen-bond donors (Lipinski definition) is 2. The zero-order valence-corrected chi connectivity index (χ0v) is 19.0. The largest absolute Gasteiger partial charge is 0.394 e. The van der Waals surface area contributed by atoms with E-state index in [-0.39, 0.29) is 10.6 Å². The first-order chi connectivity index (χ1) is 15.8. The molecule has 2 aliphatic heterocycles. The van der Waals surface area contributed by atoms with Gasteiger partial charge < -0.3 is 10.4 Å². The zero-order chi connectivity index (χ0) is 23.5. The molecule has 7 nitrogen and oxygen atoms in total. The van der Waals surface area contributed by atoms with Crippen LogP contribution < -0.4 is 5.32 Å². The number of anilines is 1. The predicted octanol–water partition coefficient (Wildman–Crippen LogP) is 4.19. The first-order valence-electron chi connectivity index (χ1n) is 10.9. The Morgan fingerprint density at radius 1 is 1.27 bits per heavy atom. The number of aliphatic hydroxyl groups excluding tert-OH is 1. The highest BCUT2D eigenvalue weighted by Crippen LogP contribution is 2.58. The van der Waals surface area contributed by atoms with Crippen LogP contribution in [0, 0.1) is 21.8 Å². The molecule has 2 N–H and O–H groups in total. The van der Waals surface area contributed by atoms with Crippen LogP contribution >= 0.6 is 23.2 Å². The van der Waals surface area contributed by atoms with E-state index in [9.17, 15) is 20.0 Å². The Kier molecular flexibility index (Phi) is 5.60. The zero-order valence-electron chi connectivity index (χ0n) is 17.5. The molecule has 0 bridgehead atoms. The number of hydrogen-bond acceptors (Lipinski definition) is 5. The maximum atomic E-state index is 15.4. The molecule has 1 saturated heterocycles. The summed E-state index contributed by atoms with van der Waals surface area (Å²) in [6.45, 7) is -0.193. The molecular formula is C23H22Cl2FN3O4. The standard InChI is InChI=1S/C23H22Cl2FN3O4/c24-13-6-7-15-17(10-13)27-22(31)23(15)19(14-2-1-3-16(25)20(14)26)21(29(32)33)18(11-30)28(23)9-8-12-4-5-12/h1-3,6-7,10,12,18-19,21,30H,4-5,8-9,11H2,(H,27,31)/t18-,19-,21+,23+/m0/s1. The van der Waals surface area contributed by atoms with E-state index in [1.165, 1.54) is 18.2 Å². The van der Waals surface area contributed by atoms with E-state index < -0.39 is 46.8 Å². The van der Waals surface area contributed by atoms with Crippen LogP contribution in [0.5, 0.6) is 0 Å². The van der Waals surface area contributed by atoms with Crippen LogP contribution in [-0.2, 0) is 10.3 Å². The Morgan fingerprint density at radius 3 is 2.70 bits per heavy atom. The molecule has 174 valence electrons. The van der Waals surface area contributed by atoms with Crippen molar-refractivity contribution in [1.29, 1.82) is 0 Å². The lowest BCUT2D eigenvalue weighted by molar-refractivity contribution is -0.528. The lowest BCUT2D eigenvalue weighted by atomic mass is 9.73. The van der Waals surface area contributed by atoms with Gasteiger partial charge in [0, 0.05) is 33.3 Å². The maximum absolute atomic E-state index is 15.4. The van der Waals surface area contributed by atoms with Crippen LogP contribution in [0.15, 0.2) is 36.4 Å². The Balaban J connectivity index is 1.79. The summed E-state index contributed by atoms with van der Waals surface area (Å²) in [7, 11) is 0. The second-order valence-electron chi connectivity index (χ2n) is 8.98. The third-order valence-corrected chi connectivity index (χ3v) is 7.78. The van der Waals surface area contributed by atoms with Crippen LogP contribution in [-0.4, -0.2) is 46.1 Å². The van der Waals surface area contributed by atoms with Gasteiger partial charge in [-0.2, -0.15) is 0 Å². The lowest BCUT2D eigenvalue weighted by Gasteiger charge is -2.38. The van der Waals surface area contributed by atoms with Gasteiger partial charge in [0.2, 0.25) is 6.04 Å². The molecule has 10 heteroatoms. The number of nitrogens with one attached hydrogen (secondary N) is 1. The van der Waals surface area contributed by atoms with Gasteiger partial charge in [0.1, 0.15) is 17.4 Å². The van der Waals surface area contributed by atoms with E-state index in [0.29, 0.717) is 28.7 Å². The predicted molar refractivity (Wildman–Crippen MR) is 122 cm³/mol. The van der Waals surface area contributed by atoms with Crippen LogP contribution in [0.1, 0.15) is 36.3 Å². The quantitative estimate of drug-likeness (QED) is 0.464. The molecule has 5 rings (SSSR count). The van der Waals surface area contributed by atoms with Gasteiger partial charge in [0.25, 0.3) is 5.91 Å². The van der Waals surface area contributed by atoms with Crippen LogP contribution in [0.4, 0.5) is 10.1 Å². The summed E-state index contributed by atoms with van der Waals surface area (Å²) in [4.78, 5) is 27.4. The number of nitrogens with zero attached hydrogens (tertiary/aromatic N) is 2. The smallest absolute Gasteiger partial charge is 0.250 e. The summed E-state index contributed by atoms with van der Waals surface area (Å²) in [5.74, 6) is -2.04. The van der Waals surface area contributed by atoms with Crippen molar-refractivity contribution < 1.29 is 19.2 Å². The number of likely N-dealkylation sites (tertiary alicyclic amines) is 1. The number of nitro groups is 1. The molecule has 1 saturated carbocycles. The van der Waals surface area contributed by atoms with Crippen molar-refractivity contribution in [3.63, 3.8) is 0 Å². The minimum absolute atomic E-state index is 0.0190. The van der Waals surface area contributed by atoms with Gasteiger partial charge in [-0.25, -0.2) is 4.39 Å². The van der Waals surface area contributed by atoms with Gasteiger partial charge in [0.05, 0.1) is 17.5 Å². The molecule has 3 aliphatic rings. The van der Waals surface area contributed by atoms with Crippen molar-refractivity contribution >= 4 is 34.8 Å². The Hall–Kier alpha value is -2.26. The fourth-order valence-corrected chi connectivity index (χ4v) is 6.04. The molecule has 33 heavy (non-hydrogen) atoms. The Bertz CT molecular complexity index is 1140. The number of carbonyl (C=O) groups excluding carboxylic acids is 1. The third-order valence-electron chi connectivity index (χ3n) is 7.25. The van der Waals surface area contributed by atoms with Gasteiger partial charge >= 0.3 is 0 Å². The van der Waals surface area contributed by atoms with E-state index in [1.54, 1.807) is 23.1 Å². The van der Waals surface area contributed by atoms with Crippen molar-refractivity contribution in [3.8, 4) is 0 Å². The maximum Gasteiger partial charge on any atom is 0.250 e. The summed E-state index contributed by atoms with van der Waals surface area (Å²) in [5, 5.41) is 25.8. The van der Waals surface area contributed by atoms with Crippen LogP contribution in [0.2, 0.25) is 10.0 Å². The van der Waals surface area contributed by atoms with Gasteiger partial charge in [0.15, 0.2) is 0 Å². The number of amides is 1. The van der Waals surface area contributed by atoms with Gasteiger partial charge in [-0.15, -0.1) is 0 Å². The van der Waals surface area contributed by atoms with E-state index in [2.05, 4.69) is 5.32 Å². The highest BCUT2D eigenvalue weighted by Gasteiger charge is 2.71. The topological polar surface area (TPSA) is 95.7 Å². The number of rotatable bonds is 6. The van der Waals surface area contributed by atoms with Crippen molar-refractivity contribution in [2.24, 2.45) is 5.92 Å². The molecule has 1 spiro atoms. The number of fused-ring (bicyclic) bond motifs is 2. The minimum Gasteiger partial charge on any atom is -0.394 e. The van der Waals surface area contributed by atoms with Crippen LogP contribution in [0.25, 0.3) is 0 Å². The molecule has 2 heterocycles. The molecule has 4 atom stereocenters. The second-order valence-corrected chi connectivity index (χ2v) is 9.83. The Labute approximate surface area is 199 Å². The molecule has 0 aromatic heterocycles. The first-order valence-corrected chi connectivity index (χ1v) is 11.6. The monoisotopic (exact) mass is 493 g/mol. The number of carbonyl (C=O) groups is 1. The third kappa shape index (κ3) is 3.34. The molecule has 2 aromatic carbocycles. The van der Waals surface area contributed by atoms with E-state index in [0.717, 1.165) is 19.3 Å². The van der Waals surface area contributed by atoms with Crippen LogP contribution in [0.3, 0.4) is 0 Å². The minimum atomic E-state index is -1.59. The highest BCUT2D eigenvalue weighted by atomic mass is 35.5. The van der Waals surface area contributed by atoms with Gasteiger partial charge in [-0.1, -0.05) is 54.2 Å². The van der Waals surface area contributed by atoms with Crippen molar-refractivity contribution in [1.82, 2.24) is 4.90 Å². The lowest BCUT2D eigenvalue weighted by Crippen LogP contribution is -2.53. The SMILES string of the molecule is O=C1Nc2cc(Cl)ccc2[C@@]12[C@@H](c1cccc(Cl)c1F)[C@H]([N+](=O)[O-])[C@H](CO)N2CCC1CC1. The van der Waals surface area contributed by atoms with Crippen molar-refractivity contribution in [3.05, 3.63) is 73.5 Å². The van der Waals surface area contributed by atoms with E-state index in [1.807, 2.05) is 0 Å². The summed E-state index contributed by atoms with van der Waals surface area (Å²) < 4.78 is 15.4. The molecular weight excluding hydrogens is 472 g/mol. The average Bonchev–Trinajstić information content (AvgIpc) is 3.49. The molecule has 1 aliphatic carbocycles. The summed E-state index contributed by atoms with van der Waals surface area (Å²) in [6, 6.07) is 6.74. The number of aliphatic hydroxyl groups is 1. The average molecular weight is 494 g/mol. The van der Waals surface area contributed by atoms with Crippen molar-refractivity contribution in [2.45, 2.75) is 42.8 Å². The van der Waals surface area contributed by atoms with E-state index in [4.69, 9.17) is 23.2 Å². The molecule has 1 amide bonds. The molecule has 2 fully saturated rings. The normalized spacial score (nSPS) is 28.8. The number of benzene rings is 2. The molecule has 2 aromatic rings. The summed E-state index contributed by atoms with van der Waals surface area (Å²) in [6.07, 6.45) is 2.85. The second kappa shape index (κ2) is 8.20. The van der Waals surface area contributed by atoms with Crippen molar-refractivity contribution in [2.75, 3.05) is 18.5 Å². The van der Waals surface area contributed by atoms with Gasteiger partial charge in [-0.05, 0) is 30.5 Å². The highest BCUT2D eigenvalue weighted by molar-refractivity contribution is 6.31. The fraction of sp³-hybridized carbons (Fsp3) is 0.435. The number of halogens is 3. The Morgan fingerprint density at radius 2 is 2.03 bits per heavy atom.